The summed E-state index contributed by atoms with van der Waals surface area (Å²) < 4.78 is 15.0. The molecule has 0 bridgehead atoms. The van der Waals surface area contributed by atoms with Crippen molar-refractivity contribution < 1.29 is 9.18 Å². The predicted octanol–water partition coefficient (Wildman–Crippen LogP) is 3.91. The monoisotopic (exact) mass is 389 g/mol. The summed E-state index contributed by atoms with van der Waals surface area (Å²) in [5, 5.41) is 0. The minimum Gasteiger partial charge on any atom is -0.342 e. The molecule has 7 heteroatoms. The first-order chi connectivity index (χ1) is 14.2. The fourth-order valence-electron chi connectivity index (χ4n) is 3.97. The van der Waals surface area contributed by atoms with Gasteiger partial charge in [0.25, 0.3) is 5.91 Å². The topological polar surface area (TPSA) is 66.8 Å². The number of hydrogen-bond donors (Lipinski definition) is 1. The first kappa shape index (κ1) is 17.6. The zero-order valence-electron chi connectivity index (χ0n) is 15.8. The lowest BCUT2D eigenvalue weighted by Gasteiger charge is -2.32. The maximum Gasteiger partial charge on any atom is 0.272 e. The van der Waals surface area contributed by atoms with Crippen molar-refractivity contribution in [3.05, 3.63) is 78.4 Å². The number of rotatable bonds is 3. The number of hydrogen-bond acceptors (Lipinski definition) is 3. The summed E-state index contributed by atoms with van der Waals surface area (Å²) in [7, 11) is 0. The van der Waals surface area contributed by atoms with Crippen LogP contribution in [0.3, 0.4) is 0 Å². The molecule has 1 aliphatic rings. The number of carbonyl (C=O) groups excluding carboxylic acids is 1. The number of likely N-dealkylation sites (tertiary alicyclic amines) is 1. The Hall–Kier alpha value is -3.48. The first-order valence-corrected chi connectivity index (χ1v) is 9.71. The highest BCUT2D eigenvalue weighted by molar-refractivity contribution is 5.93. The number of nitrogens with zero attached hydrogens (tertiary/aromatic N) is 4. The van der Waals surface area contributed by atoms with Gasteiger partial charge in [-0.05, 0) is 49.2 Å². The molecule has 1 saturated heterocycles. The lowest BCUT2D eigenvalue weighted by atomic mass is 9.97. The van der Waals surface area contributed by atoms with E-state index in [9.17, 15) is 9.18 Å². The number of fused-ring (bicyclic) bond motifs is 1. The number of halogens is 1. The maximum atomic E-state index is 13.3. The third kappa shape index (κ3) is 3.29. The van der Waals surface area contributed by atoms with E-state index in [0.29, 0.717) is 24.5 Å². The number of carbonyl (C=O) groups is 1. The van der Waals surface area contributed by atoms with Gasteiger partial charge in [0, 0.05) is 24.7 Å². The molecule has 2 aromatic heterocycles. The largest absolute Gasteiger partial charge is 0.342 e. The Labute approximate surface area is 167 Å². The standard InChI is InChI=1S/C22H20FN5O/c23-16-7-9-17(10-8-16)28-14-24-12-20(28)22(29)27-11-3-4-15(13-27)21-25-18-5-1-2-6-19(18)26-21/h1-2,5-10,12,14-15H,3-4,11,13H2,(H,25,26)/t15-/m0/s1. The summed E-state index contributed by atoms with van der Waals surface area (Å²) in [5.74, 6) is 0.706. The number of imidazole rings is 2. The van der Waals surface area contributed by atoms with Crippen molar-refractivity contribution in [3.8, 4) is 5.69 Å². The third-order valence-corrected chi connectivity index (χ3v) is 5.47. The van der Waals surface area contributed by atoms with Crippen molar-refractivity contribution in [3.63, 3.8) is 0 Å². The number of amides is 1. The van der Waals surface area contributed by atoms with Gasteiger partial charge in [-0.1, -0.05) is 12.1 Å². The van der Waals surface area contributed by atoms with Crippen LogP contribution in [0.2, 0.25) is 0 Å². The van der Waals surface area contributed by atoms with E-state index in [1.807, 2.05) is 29.2 Å². The Morgan fingerprint density at radius 2 is 1.97 bits per heavy atom. The van der Waals surface area contributed by atoms with Gasteiger partial charge in [-0.3, -0.25) is 9.36 Å². The number of para-hydroxylation sites is 2. The van der Waals surface area contributed by atoms with Gasteiger partial charge in [0.2, 0.25) is 0 Å². The van der Waals surface area contributed by atoms with E-state index >= 15 is 0 Å². The molecule has 0 aliphatic carbocycles. The molecule has 0 saturated carbocycles. The highest BCUT2D eigenvalue weighted by Crippen LogP contribution is 2.28. The Morgan fingerprint density at radius 3 is 2.79 bits per heavy atom. The van der Waals surface area contributed by atoms with Crippen LogP contribution in [0, 0.1) is 5.82 Å². The van der Waals surface area contributed by atoms with Crippen molar-refractivity contribution in [2.45, 2.75) is 18.8 Å². The highest BCUT2D eigenvalue weighted by Gasteiger charge is 2.29. The minimum absolute atomic E-state index is 0.0763. The molecule has 0 radical (unpaired) electrons. The molecule has 3 heterocycles. The van der Waals surface area contributed by atoms with Gasteiger partial charge in [0.1, 0.15) is 17.3 Å². The summed E-state index contributed by atoms with van der Waals surface area (Å²) in [6, 6.07) is 14.0. The zero-order valence-corrected chi connectivity index (χ0v) is 15.8. The van der Waals surface area contributed by atoms with Crippen LogP contribution in [-0.2, 0) is 0 Å². The fraction of sp³-hybridized carbons (Fsp3) is 0.227. The van der Waals surface area contributed by atoms with Crippen molar-refractivity contribution in [2.75, 3.05) is 13.1 Å². The van der Waals surface area contributed by atoms with Gasteiger partial charge in [0.05, 0.1) is 23.6 Å². The van der Waals surface area contributed by atoms with Crippen molar-refractivity contribution >= 4 is 16.9 Å². The number of benzene rings is 2. The Bertz CT molecular complexity index is 1130. The second-order valence-corrected chi connectivity index (χ2v) is 7.35. The summed E-state index contributed by atoms with van der Waals surface area (Å²) in [6.07, 6.45) is 5.05. The summed E-state index contributed by atoms with van der Waals surface area (Å²) in [4.78, 5) is 27.4. The predicted molar refractivity (Wildman–Crippen MR) is 107 cm³/mol. The Kier molecular flexibility index (Phi) is 4.35. The molecule has 6 nitrogen and oxygen atoms in total. The zero-order chi connectivity index (χ0) is 19.8. The second-order valence-electron chi connectivity index (χ2n) is 7.35. The van der Waals surface area contributed by atoms with Gasteiger partial charge < -0.3 is 9.88 Å². The van der Waals surface area contributed by atoms with Crippen LogP contribution in [0.4, 0.5) is 4.39 Å². The minimum atomic E-state index is -0.313. The second kappa shape index (κ2) is 7.16. The number of aromatic amines is 1. The van der Waals surface area contributed by atoms with E-state index in [2.05, 4.69) is 9.97 Å². The van der Waals surface area contributed by atoms with Gasteiger partial charge in [-0.25, -0.2) is 14.4 Å². The summed E-state index contributed by atoms with van der Waals surface area (Å²) in [5.41, 5.74) is 3.14. The first-order valence-electron chi connectivity index (χ1n) is 9.71. The van der Waals surface area contributed by atoms with Crippen LogP contribution in [0.1, 0.15) is 35.1 Å². The molecule has 1 fully saturated rings. The summed E-state index contributed by atoms with van der Waals surface area (Å²) in [6.45, 7) is 1.30. The molecular formula is C22H20FN5O. The van der Waals surface area contributed by atoms with Gasteiger partial charge >= 0.3 is 0 Å². The Morgan fingerprint density at radius 1 is 1.14 bits per heavy atom. The molecule has 29 heavy (non-hydrogen) atoms. The molecule has 0 unspecified atom stereocenters. The van der Waals surface area contributed by atoms with E-state index in [1.54, 1.807) is 29.2 Å². The molecule has 1 atom stereocenters. The SMILES string of the molecule is O=C(c1cncn1-c1ccc(F)cc1)N1CCC[C@H](c2nc3ccccc3[nH]2)C1. The van der Waals surface area contributed by atoms with Gasteiger partial charge in [-0.2, -0.15) is 0 Å². The van der Waals surface area contributed by atoms with E-state index < -0.39 is 0 Å². The third-order valence-electron chi connectivity index (χ3n) is 5.47. The van der Waals surface area contributed by atoms with Crippen LogP contribution in [-0.4, -0.2) is 43.4 Å². The lowest BCUT2D eigenvalue weighted by Crippen LogP contribution is -2.40. The molecule has 1 amide bonds. The van der Waals surface area contributed by atoms with Crippen molar-refractivity contribution in [2.24, 2.45) is 0 Å². The molecule has 1 aliphatic heterocycles. The average molecular weight is 389 g/mol. The van der Waals surface area contributed by atoms with E-state index in [1.165, 1.54) is 12.1 Å². The molecular weight excluding hydrogens is 369 g/mol. The van der Waals surface area contributed by atoms with Crippen molar-refractivity contribution in [1.82, 2.24) is 24.4 Å². The van der Waals surface area contributed by atoms with Crippen LogP contribution < -0.4 is 0 Å². The maximum absolute atomic E-state index is 13.3. The van der Waals surface area contributed by atoms with Crippen LogP contribution in [0.25, 0.3) is 16.7 Å². The molecule has 0 spiro atoms. The lowest BCUT2D eigenvalue weighted by molar-refractivity contribution is 0.0696. The van der Waals surface area contributed by atoms with Crippen LogP contribution in [0.5, 0.6) is 0 Å². The highest BCUT2D eigenvalue weighted by atomic mass is 19.1. The van der Waals surface area contributed by atoms with Crippen LogP contribution >= 0.6 is 0 Å². The number of aromatic nitrogens is 4. The quantitative estimate of drug-likeness (QED) is 0.578. The molecule has 4 aromatic rings. The smallest absolute Gasteiger partial charge is 0.272 e. The van der Waals surface area contributed by atoms with Gasteiger partial charge in [0.15, 0.2) is 0 Å². The molecule has 1 N–H and O–H groups in total. The normalized spacial score (nSPS) is 17.0. The van der Waals surface area contributed by atoms with E-state index in [0.717, 1.165) is 29.7 Å². The number of nitrogens with one attached hydrogen (secondary N) is 1. The number of piperidine rings is 1. The Balaban J connectivity index is 1.39. The van der Waals surface area contributed by atoms with Crippen molar-refractivity contribution in [1.29, 1.82) is 0 Å². The van der Waals surface area contributed by atoms with E-state index in [-0.39, 0.29) is 17.6 Å². The molecule has 146 valence electrons. The van der Waals surface area contributed by atoms with Gasteiger partial charge in [-0.15, -0.1) is 0 Å². The average Bonchev–Trinajstić information content (AvgIpc) is 3.41. The fourth-order valence-corrected chi connectivity index (χ4v) is 3.97. The summed E-state index contributed by atoms with van der Waals surface area (Å²) >= 11 is 0. The molecule has 2 aromatic carbocycles. The molecule has 5 rings (SSSR count). The van der Waals surface area contributed by atoms with E-state index in [4.69, 9.17) is 4.98 Å². The van der Waals surface area contributed by atoms with Crippen LogP contribution in [0.15, 0.2) is 61.1 Å². The number of H-pyrrole nitrogens is 1.